The van der Waals surface area contributed by atoms with Crippen LogP contribution in [0.1, 0.15) is 162 Å². The Morgan fingerprint density at radius 1 is 0.711 bits per heavy atom. The molecule has 2 atom stereocenters. The first kappa shape index (κ1) is 37.3. The van der Waals surface area contributed by atoms with Crippen LogP contribution in [0.3, 0.4) is 0 Å². The quantitative estimate of drug-likeness (QED) is 0.0755. The zero-order chi connectivity index (χ0) is 28.3. The topological polar surface area (TPSA) is 41.6 Å². The number of alkyl halides is 1. The van der Waals surface area contributed by atoms with E-state index in [1.165, 1.54) is 64.2 Å². The van der Waals surface area contributed by atoms with Crippen molar-refractivity contribution in [2.24, 2.45) is 0 Å². The van der Waals surface area contributed by atoms with Crippen LogP contribution < -0.4 is 5.32 Å². The lowest BCUT2D eigenvalue weighted by Gasteiger charge is -2.25. The number of nitrogens with zero attached hydrogens (tertiary/aromatic N) is 1. The second kappa shape index (κ2) is 26.5. The maximum absolute atomic E-state index is 15.9. The molecule has 4 nitrogen and oxygen atoms in total. The number of unbranched alkanes of at least 4 members (excludes halogenated alkanes) is 14. The number of esters is 1. The van der Waals surface area contributed by atoms with Crippen LogP contribution in [-0.4, -0.2) is 56.4 Å². The van der Waals surface area contributed by atoms with Crippen molar-refractivity contribution in [2.45, 2.75) is 174 Å². The fourth-order valence-electron chi connectivity index (χ4n) is 5.17. The molecule has 0 radical (unpaired) electrons. The van der Waals surface area contributed by atoms with Crippen molar-refractivity contribution < 1.29 is 13.9 Å². The Hall–Kier alpha value is -0.680. The standard InChI is InChI=1S/C33H67FN2O2/c1-6-9-12-15-17-18-20-24-31(35-28-23-29-36(4)5)25-30-38-32(37)33(34,26-21-14-11-8-3)27-22-19-16-13-10-7-2/h31,35H,6-30H2,1-5H3. The Morgan fingerprint density at radius 2 is 1.18 bits per heavy atom. The molecule has 38 heavy (non-hydrogen) atoms. The van der Waals surface area contributed by atoms with Gasteiger partial charge in [-0.05, 0) is 72.1 Å². The molecule has 0 saturated carbocycles. The minimum absolute atomic E-state index is 0.311. The minimum Gasteiger partial charge on any atom is -0.463 e. The largest absolute Gasteiger partial charge is 0.463 e. The maximum atomic E-state index is 15.9. The predicted octanol–water partition coefficient (Wildman–Crippen LogP) is 9.40. The van der Waals surface area contributed by atoms with Gasteiger partial charge < -0.3 is 15.0 Å². The highest BCUT2D eigenvalue weighted by atomic mass is 19.1. The molecule has 0 aromatic rings. The number of rotatable bonds is 29. The number of nitrogens with one attached hydrogen (secondary N) is 1. The summed E-state index contributed by atoms with van der Waals surface area (Å²) < 4.78 is 21.6. The molecule has 0 heterocycles. The van der Waals surface area contributed by atoms with Gasteiger partial charge in [0.2, 0.25) is 5.67 Å². The summed E-state index contributed by atoms with van der Waals surface area (Å²) in [5.41, 5.74) is -1.81. The lowest BCUT2D eigenvalue weighted by molar-refractivity contribution is -0.159. The van der Waals surface area contributed by atoms with Gasteiger partial charge in [0, 0.05) is 6.04 Å². The van der Waals surface area contributed by atoms with E-state index in [1.54, 1.807) is 0 Å². The fourth-order valence-corrected chi connectivity index (χ4v) is 5.17. The third kappa shape index (κ3) is 22.2. The third-order valence-corrected chi connectivity index (χ3v) is 7.79. The second-order valence-electron chi connectivity index (χ2n) is 11.9. The van der Waals surface area contributed by atoms with Gasteiger partial charge in [-0.3, -0.25) is 0 Å². The predicted molar refractivity (Wildman–Crippen MR) is 164 cm³/mol. The molecule has 0 fully saturated rings. The van der Waals surface area contributed by atoms with E-state index in [0.29, 0.717) is 25.5 Å². The molecule has 0 spiro atoms. The van der Waals surface area contributed by atoms with Crippen LogP contribution in [0.25, 0.3) is 0 Å². The molecule has 0 saturated heterocycles. The third-order valence-electron chi connectivity index (χ3n) is 7.79. The van der Waals surface area contributed by atoms with Crippen LogP contribution in [0, 0.1) is 0 Å². The Morgan fingerprint density at radius 3 is 1.71 bits per heavy atom. The second-order valence-corrected chi connectivity index (χ2v) is 11.9. The summed E-state index contributed by atoms with van der Waals surface area (Å²) in [6.45, 7) is 8.97. The lowest BCUT2D eigenvalue weighted by Crippen LogP contribution is -2.37. The van der Waals surface area contributed by atoms with Gasteiger partial charge in [-0.1, -0.05) is 117 Å². The molecule has 2 unspecified atom stereocenters. The van der Waals surface area contributed by atoms with E-state index < -0.39 is 11.6 Å². The summed E-state index contributed by atoms with van der Waals surface area (Å²) in [5, 5.41) is 3.69. The van der Waals surface area contributed by atoms with Gasteiger partial charge in [-0.25, -0.2) is 9.18 Å². The van der Waals surface area contributed by atoms with E-state index in [2.05, 4.69) is 45.1 Å². The average Bonchev–Trinajstić information content (AvgIpc) is 2.90. The molecule has 5 heteroatoms. The number of carbonyl (C=O) groups is 1. The molecule has 0 aromatic carbocycles. The van der Waals surface area contributed by atoms with Crippen LogP contribution in [0.15, 0.2) is 0 Å². The zero-order valence-electron chi connectivity index (χ0n) is 26.4. The van der Waals surface area contributed by atoms with Crippen LogP contribution in [0.4, 0.5) is 4.39 Å². The smallest absolute Gasteiger partial charge is 0.343 e. The van der Waals surface area contributed by atoms with Gasteiger partial charge in [0.05, 0.1) is 6.61 Å². The van der Waals surface area contributed by atoms with Crippen LogP contribution >= 0.6 is 0 Å². The first-order valence-corrected chi connectivity index (χ1v) is 16.6. The highest BCUT2D eigenvalue weighted by Crippen LogP contribution is 2.29. The molecule has 0 rings (SSSR count). The Labute approximate surface area is 237 Å². The molecule has 1 N–H and O–H groups in total. The van der Waals surface area contributed by atoms with Crippen LogP contribution in [0.2, 0.25) is 0 Å². The van der Waals surface area contributed by atoms with E-state index in [1.807, 2.05) is 0 Å². The van der Waals surface area contributed by atoms with E-state index >= 15 is 4.39 Å². The molecule has 0 aromatic heterocycles. The normalized spacial score (nSPS) is 14.1. The molecule has 0 amide bonds. The van der Waals surface area contributed by atoms with Crippen molar-refractivity contribution in [3.63, 3.8) is 0 Å². The van der Waals surface area contributed by atoms with Crippen molar-refractivity contribution in [1.82, 2.24) is 10.2 Å². The molecule has 0 aliphatic carbocycles. The summed E-state index contributed by atoms with van der Waals surface area (Å²) in [6.07, 6.45) is 23.2. The molecule has 0 bridgehead atoms. The van der Waals surface area contributed by atoms with E-state index in [-0.39, 0.29) is 0 Å². The molecule has 0 aliphatic rings. The van der Waals surface area contributed by atoms with Gasteiger partial charge in [0.1, 0.15) is 0 Å². The highest BCUT2D eigenvalue weighted by Gasteiger charge is 2.39. The Balaban J connectivity index is 4.69. The van der Waals surface area contributed by atoms with Crippen LogP contribution in [-0.2, 0) is 9.53 Å². The summed E-state index contributed by atoms with van der Waals surface area (Å²) in [4.78, 5) is 15.2. The van der Waals surface area contributed by atoms with E-state index in [4.69, 9.17) is 4.74 Å². The monoisotopic (exact) mass is 543 g/mol. The highest BCUT2D eigenvalue weighted by molar-refractivity contribution is 5.79. The van der Waals surface area contributed by atoms with Crippen LogP contribution in [0.5, 0.6) is 0 Å². The lowest BCUT2D eigenvalue weighted by atomic mass is 9.91. The SMILES string of the molecule is CCCCCCCCCC(CCOC(=O)C(F)(CCCCCC)CCCCCCCC)NCCCN(C)C. The van der Waals surface area contributed by atoms with Gasteiger partial charge in [0.25, 0.3) is 0 Å². The molecule has 0 aliphatic heterocycles. The minimum atomic E-state index is -1.81. The van der Waals surface area contributed by atoms with Gasteiger partial charge >= 0.3 is 5.97 Å². The number of hydrogen-bond donors (Lipinski definition) is 1. The summed E-state index contributed by atoms with van der Waals surface area (Å²) in [7, 11) is 4.21. The van der Waals surface area contributed by atoms with Crippen molar-refractivity contribution in [1.29, 1.82) is 0 Å². The van der Waals surface area contributed by atoms with Gasteiger partial charge in [-0.15, -0.1) is 0 Å². The summed E-state index contributed by atoms with van der Waals surface area (Å²) in [5.74, 6) is -0.607. The van der Waals surface area contributed by atoms with Crippen molar-refractivity contribution >= 4 is 5.97 Å². The number of carbonyl (C=O) groups excluding carboxylic acids is 1. The van der Waals surface area contributed by atoms with Gasteiger partial charge in [0.15, 0.2) is 0 Å². The Bertz CT molecular complexity index is 517. The number of halogens is 1. The summed E-state index contributed by atoms with van der Waals surface area (Å²) >= 11 is 0. The zero-order valence-corrected chi connectivity index (χ0v) is 26.4. The van der Waals surface area contributed by atoms with Crippen molar-refractivity contribution in [3.05, 3.63) is 0 Å². The number of ether oxygens (including phenoxy) is 1. The first-order chi connectivity index (χ1) is 18.4. The fraction of sp³-hybridized carbons (Fsp3) is 0.970. The summed E-state index contributed by atoms with van der Waals surface area (Å²) in [6, 6.07) is 0.331. The Kier molecular flexibility index (Phi) is 26.1. The van der Waals surface area contributed by atoms with E-state index in [0.717, 1.165) is 77.3 Å². The molecular weight excluding hydrogens is 475 g/mol. The molecular formula is C33H67FN2O2. The van der Waals surface area contributed by atoms with Crippen molar-refractivity contribution in [2.75, 3.05) is 33.8 Å². The average molecular weight is 543 g/mol. The van der Waals surface area contributed by atoms with E-state index in [9.17, 15) is 4.79 Å². The molecule has 228 valence electrons. The van der Waals surface area contributed by atoms with Crippen molar-refractivity contribution in [3.8, 4) is 0 Å². The maximum Gasteiger partial charge on any atom is 0.343 e. The van der Waals surface area contributed by atoms with Gasteiger partial charge in [-0.2, -0.15) is 0 Å². The number of hydrogen-bond acceptors (Lipinski definition) is 4. The first-order valence-electron chi connectivity index (χ1n) is 16.6.